The van der Waals surface area contributed by atoms with E-state index in [4.69, 9.17) is 25.8 Å². The number of fused-ring (bicyclic) bond motifs is 5. The summed E-state index contributed by atoms with van der Waals surface area (Å²) in [6.07, 6.45) is 1.71. The molecule has 0 radical (unpaired) electrons. The SMILES string of the molecule is Cc1ccc2cccc([O][Al]([O]c3cccc4ccc(C)nc34)[O]c3cccc4c3oc3ncccc34)c2n1. The van der Waals surface area contributed by atoms with E-state index in [1.807, 2.05) is 105 Å². The van der Waals surface area contributed by atoms with Crippen LogP contribution in [-0.2, 0) is 0 Å². The third-order valence-electron chi connectivity index (χ3n) is 6.55. The molecule has 7 nitrogen and oxygen atoms in total. The number of benzene rings is 3. The first kappa shape index (κ1) is 23.5. The first-order chi connectivity index (χ1) is 19.1. The molecule has 7 rings (SSSR count). The smallest absolute Gasteiger partial charge is 0.576 e. The molecule has 0 atom stereocenters. The van der Waals surface area contributed by atoms with Gasteiger partial charge < -0.3 is 15.8 Å². The Morgan fingerprint density at radius 1 is 0.590 bits per heavy atom. The van der Waals surface area contributed by atoms with Crippen molar-refractivity contribution in [1.29, 1.82) is 0 Å². The summed E-state index contributed by atoms with van der Waals surface area (Å²) in [6.45, 7) is 3.91. The van der Waals surface area contributed by atoms with Crippen molar-refractivity contribution >= 4 is 59.0 Å². The molecule has 4 aromatic heterocycles. The monoisotopic (exact) mass is 527 g/mol. The third-order valence-corrected chi connectivity index (χ3v) is 7.89. The van der Waals surface area contributed by atoms with E-state index in [9.17, 15) is 0 Å². The third kappa shape index (κ3) is 4.40. The van der Waals surface area contributed by atoms with Gasteiger partial charge in [0.25, 0.3) is 0 Å². The Kier molecular flexibility index (Phi) is 5.77. The number of pyridine rings is 3. The fourth-order valence-electron chi connectivity index (χ4n) is 4.71. The zero-order chi connectivity index (χ0) is 26.3. The summed E-state index contributed by atoms with van der Waals surface area (Å²) in [6, 6.07) is 29.3. The molecule has 0 saturated heterocycles. The van der Waals surface area contributed by atoms with Crippen LogP contribution in [0.15, 0.2) is 102 Å². The average Bonchev–Trinajstić information content (AvgIpc) is 3.33. The summed E-state index contributed by atoms with van der Waals surface area (Å²) in [7, 11) is 0. The zero-order valence-electron chi connectivity index (χ0n) is 21.3. The van der Waals surface area contributed by atoms with Crippen LogP contribution in [-0.4, -0.2) is 30.1 Å². The van der Waals surface area contributed by atoms with Crippen molar-refractivity contribution in [3.63, 3.8) is 0 Å². The van der Waals surface area contributed by atoms with E-state index < -0.39 is 15.1 Å². The lowest BCUT2D eigenvalue weighted by Gasteiger charge is -2.18. The van der Waals surface area contributed by atoms with Crippen LogP contribution in [0.2, 0.25) is 0 Å². The molecule has 39 heavy (non-hydrogen) atoms. The van der Waals surface area contributed by atoms with Crippen LogP contribution in [0, 0.1) is 13.8 Å². The number of para-hydroxylation sites is 3. The summed E-state index contributed by atoms with van der Waals surface area (Å²) in [4.78, 5) is 13.8. The standard InChI is InChI=1S/C11H7NO2.2C10H9NO.Al/c13-9-5-1-3-7-8-4-2-6-12-11(8)14-10(7)9;2*1-7-5-6-8-3-2-4-9(12)10(8)11-7;/h1-6,13H;2*2-6,12H,1H3;/q;;;+3/p-3. The van der Waals surface area contributed by atoms with E-state index in [0.717, 1.165) is 44.0 Å². The lowest BCUT2D eigenvalue weighted by atomic mass is 10.2. The van der Waals surface area contributed by atoms with Crippen molar-refractivity contribution in [3.8, 4) is 17.2 Å². The molecule has 8 heteroatoms. The van der Waals surface area contributed by atoms with Gasteiger partial charge in [0.15, 0.2) is 5.58 Å². The van der Waals surface area contributed by atoms with E-state index in [1.54, 1.807) is 6.20 Å². The molecule has 188 valence electrons. The topological polar surface area (TPSA) is 79.5 Å². The lowest BCUT2D eigenvalue weighted by molar-refractivity contribution is 0.309. The normalized spacial score (nSPS) is 11.3. The highest BCUT2D eigenvalue weighted by Crippen LogP contribution is 2.35. The summed E-state index contributed by atoms with van der Waals surface area (Å²) in [5, 5.41) is 3.77. The molecule has 7 aromatic rings. The Hall–Kier alpha value is -4.64. The van der Waals surface area contributed by atoms with Gasteiger partial charge in [-0.1, -0.05) is 48.5 Å². The number of aromatic nitrogens is 3. The van der Waals surface area contributed by atoms with Crippen LogP contribution in [0.1, 0.15) is 11.4 Å². The van der Waals surface area contributed by atoms with Crippen molar-refractivity contribution in [1.82, 2.24) is 15.0 Å². The summed E-state index contributed by atoms with van der Waals surface area (Å²) in [5.41, 5.74) is 4.43. The molecular formula is C31H22AlN3O4. The van der Waals surface area contributed by atoms with Gasteiger partial charge >= 0.3 is 15.1 Å². The maximum absolute atomic E-state index is 6.54. The summed E-state index contributed by atoms with van der Waals surface area (Å²) < 4.78 is 25.7. The van der Waals surface area contributed by atoms with Crippen molar-refractivity contribution in [2.45, 2.75) is 13.8 Å². The van der Waals surface area contributed by atoms with E-state index in [2.05, 4.69) is 4.98 Å². The molecule has 0 aliphatic rings. The van der Waals surface area contributed by atoms with Crippen LogP contribution in [0.25, 0.3) is 43.9 Å². The number of nitrogens with zero attached hydrogens (tertiary/aromatic N) is 3. The Labute approximate surface area is 229 Å². The second-order valence-electron chi connectivity index (χ2n) is 9.29. The van der Waals surface area contributed by atoms with Gasteiger partial charge in [0, 0.05) is 39.1 Å². The number of hydrogen-bond acceptors (Lipinski definition) is 7. The molecule has 0 bridgehead atoms. The highest BCUT2D eigenvalue weighted by molar-refractivity contribution is 6.40. The zero-order valence-corrected chi connectivity index (χ0v) is 22.4. The van der Waals surface area contributed by atoms with Crippen molar-refractivity contribution < 1.29 is 15.8 Å². The maximum atomic E-state index is 6.54. The van der Waals surface area contributed by atoms with E-state index in [0.29, 0.717) is 28.5 Å². The molecule has 0 amide bonds. The van der Waals surface area contributed by atoms with Gasteiger partial charge in [0.05, 0.1) is 0 Å². The van der Waals surface area contributed by atoms with E-state index >= 15 is 0 Å². The van der Waals surface area contributed by atoms with Gasteiger partial charge in [-0.15, -0.1) is 0 Å². The van der Waals surface area contributed by atoms with Crippen LogP contribution >= 0.6 is 0 Å². The van der Waals surface area contributed by atoms with Crippen LogP contribution in [0.5, 0.6) is 17.2 Å². The summed E-state index contributed by atoms with van der Waals surface area (Å²) >= 11 is -2.97. The molecule has 0 fully saturated rings. The molecule has 4 heterocycles. The second kappa shape index (κ2) is 9.59. The second-order valence-corrected chi connectivity index (χ2v) is 10.6. The molecule has 0 spiro atoms. The predicted molar refractivity (Wildman–Crippen MR) is 152 cm³/mol. The van der Waals surface area contributed by atoms with Gasteiger partial charge in [-0.05, 0) is 56.3 Å². The minimum absolute atomic E-state index is 0.524. The molecule has 0 unspecified atom stereocenters. The van der Waals surface area contributed by atoms with Crippen LogP contribution in [0.3, 0.4) is 0 Å². The average molecular weight is 528 g/mol. The molecule has 0 N–H and O–H groups in total. The number of rotatable bonds is 6. The highest BCUT2D eigenvalue weighted by atomic mass is 27.3. The predicted octanol–water partition coefficient (Wildman–Crippen LogP) is 7.22. The molecular weight excluding hydrogens is 505 g/mol. The van der Waals surface area contributed by atoms with Gasteiger partial charge in [-0.3, -0.25) is 0 Å². The van der Waals surface area contributed by atoms with Crippen molar-refractivity contribution in [2.24, 2.45) is 0 Å². The fourth-order valence-corrected chi connectivity index (χ4v) is 6.04. The summed E-state index contributed by atoms with van der Waals surface area (Å²) in [5.74, 6) is 1.71. The molecule has 3 aromatic carbocycles. The Balaban J connectivity index is 1.34. The minimum atomic E-state index is -2.97. The Morgan fingerprint density at radius 2 is 1.15 bits per heavy atom. The van der Waals surface area contributed by atoms with Gasteiger partial charge in [-0.2, -0.15) is 0 Å². The van der Waals surface area contributed by atoms with Crippen LogP contribution in [0.4, 0.5) is 0 Å². The number of furan rings is 1. The number of aryl methyl sites for hydroxylation is 2. The van der Waals surface area contributed by atoms with Gasteiger partial charge in [0.2, 0.25) is 5.71 Å². The molecule has 0 saturated carbocycles. The Morgan fingerprint density at radius 3 is 1.82 bits per heavy atom. The van der Waals surface area contributed by atoms with Gasteiger partial charge in [-0.25, -0.2) is 15.0 Å². The Bertz CT molecular complexity index is 1920. The maximum Gasteiger partial charge on any atom is 1.20 e. The molecule has 0 aliphatic heterocycles. The van der Waals surface area contributed by atoms with E-state index in [-0.39, 0.29) is 0 Å². The fraction of sp³-hybridized carbons (Fsp3) is 0.0645. The van der Waals surface area contributed by atoms with Gasteiger partial charge in [0.1, 0.15) is 28.3 Å². The highest BCUT2D eigenvalue weighted by Gasteiger charge is 2.46. The van der Waals surface area contributed by atoms with Crippen molar-refractivity contribution in [3.05, 3.63) is 109 Å². The minimum Gasteiger partial charge on any atom is -0.576 e. The van der Waals surface area contributed by atoms with Crippen LogP contribution < -0.4 is 11.4 Å². The quantitative estimate of drug-likeness (QED) is 0.211. The number of hydrogen-bond donors (Lipinski definition) is 0. The molecule has 0 aliphatic carbocycles. The first-order valence-corrected chi connectivity index (χ1v) is 14.0. The largest absolute Gasteiger partial charge is 1.20 e. The first-order valence-electron chi connectivity index (χ1n) is 12.6. The van der Waals surface area contributed by atoms with Crippen molar-refractivity contribution in [2.75, 3.05) is 0 Å². The van der Waals surface area contributed by atoms with E-state index in [1.165, 1.54) is 0 Å². The lowest BCUT2D eigenvalue weighted by Crippen LogP contribution is -2.37.